The number of hydrogen-bond acceptors (Lipinski definition) is 6. The molecule has 0 aliphatic heterocycles. The van der Waals surface area contributed by atoms with Crippen LogP contribution in [0.25, 0.3) is 0 Å². The highest BCUT2D eigenvalue weighted by molar-refractivity contribution is 5.63. The number of aliphatic carboxylic acids is 2. The first-order valence-electron chi connectivity index (χ1n) is 4.15. The maximum absolute atomic E-state index is 9.00. The lowest BCUT2D eigenvalue weighted by Crippen LogP contribution is -2.50. The van der Waals surface area contributed by atoms with Crippen LogP contribution < -0.4 is 5.73 Å². The smallest absolute Gasteiger partial charge is 0.300 e. The molecule has 0 aliphatic rings. The number of hydrogen-bond donors (Lipinski definition) is 6. The zero-order chi connectivity index (χ0) is 13.8. The van der Waals surface area contributed by atoms with Crippen LogP contribution in [0.3, 0.4) is 0 Å². The van der Waals surface area contributed by atoms with E-state index in [1.54, 1.807) is 0 Å². The van der Waals surface area contributed by atoms with Crippen molar-refractivity contribution >= 4 is 11.9 Å². The molecule has 0 aromatic rings. The third kappa shape index (κ3) is 29.3. The van der Waals surface area contributed by atoms with Gasteiger partial charge in [0.2, 0.25) is 0 Å². The molecular weight excluding hydrogens is 222 g/mol. The SMILES string of the molecule is CC(=O)O.CC(=O)O.NC(CO)(CO)CO. The van der Waals surface area contributed by atoms with Gasteiger partial charge in [-0.05, 0) is 0 Å². The van der Waals surface area contributed by atoms with Crippen molar-refractivity contribution in [2.75, 3.05) is 19.8 Å². The molecule has 0 heterocycles. The van der Waals surface area contributed by atoms with Crippen LogP contribution >= 0.6 is 0 Å². The monoisotopic (exact) mass is 241 g/mol. The predicted octanol–water partition coefficient (Wildman–Crippen LogP) is -2.16. The highest BCUT2D eigenvalue weighted by atomic mass is 16.4. The summed E-state index contributed by atoms with van der Waals surface area (Å²) in [5.74, 6) is -1.67. The Morgan fingerprint density at radius 3 is 1.06 bits per heavy atom. The van der Waals surface area contributed by atoms with E-state index in [1.807, 2.05) is 0 Å². The van der Waals surface area contributed by atoms with Crippen LogP contribution in [-0.4, -0.2) is 62.8 Å². The Morgan fingerprint density at radius 2 is 1.06 bits per heavy atom. The highest BCUT2D eigenvalue weighted by Crippen LogP contribution is 1.93. The molecule has 98 valence electrons. The minimum atomic E-state index is -1.21. The predicted molar refractivity (Wildman–Crippen MR) is 54.8 cm³/mol. The lowest BCUT2D eigenvalue weighted by atomic mass is 10.1. The molecule has 8 nitrogen and oxygen atoms in total. The van der Waals surface area contributed by atoms with Gasteiger partial charge in [-0.15, -0.1) is 0 Å². The van der Waals surface area contributed by atoms with Crippen LogP contribution in [0.15, 0.2) is 0 Å². The molecule has 0 aromatic carbocycles. The van der Waals surface area contributed by atoms with E-state index >= 15 is 0 Å². The standard InChI is InChI=1S/C4H11NO3.2C2H4O2/c5-4(1-6,2-7)3-8;2*1-2(3)4/h6-8H,1-3,5H2;2*1H3,(H,3,4). The van der Waals surface area contributed by atoms with E-state index < -0.39 is 37.3 Å². The second kappa shape index (κ2) is 11.9. The van der Waals surface area contributed by atoms with Crippen molar-refractivity contribution in [1.82, 2.24) is 0 Å². The third-order valence-corrected chi connectivity index (χ3v) is 0.945. The number of nitrogens with two attached hydrogens (primary N) is 1. The second-order valence-electron chi connectivity index (χ2n) is 2.87. The first kappa shape index (κ1) is 20.2. The molecule has 0 aromatic heterocycles. The molecule has 0 spiro atoms. The molecule has 0 atom stereocenters. The summed E-state index contributed by atoms with van der Waals surface area (Å²) in [5.41, 5.74) is 3.94. The molecule has 0 unspecified atom stereocenters. The van der Waals surface area contributed by atoms with Crippen molar-refractivity contribution in [1.29, 1.82) is 0 Å². The summed E-state index contributed by atoms with van der Waals surface area (Å²) in [5, 5.41) is 39.9. The van der Waals surface area contributed by atoms with E-state index in [9.17, 15) is 0 Å². The van der Waals surface area contributed by atoms with Crippen molar-refractivity contribution in [2.24, 2.45) is 5.73 Å². The first-order chi connectivity index (χ1) is 7.15. The molecular formula is C8H19NO7. The molecule has 0 saturated heterocycles. The van der Waals surface area contributed by atoms with Crippen molar-refractivity contribution in [3.05, 3.63) is 0 Å². The van der Waals surface area contributed by atoms with E-state index in [0.29, 0.717) is 0 Å². The number of rotatable bonds is 3. The lowest BCUT2D eigenvalue weighted by Gasteiger charge is -2.20. The summed E-state index contributed by atoms with van der Waals surface area (Å²) in [6.45, 7) is 0.958. The molecule has 0 rings (SSSR count). The maximum Gasteiger partial charge on any atom is 0.300 e. The average molecular weight is 241 g/mol. The molecule has 0 fully saturated rings. The first-order valence-corrected chi connectivity index (χ1v) is 4.15. The minimum absolute atomic E-state index is 0.403. The fraction of sp³-hybridized carbons (Fsp3) is 0.750. The van der Waals surface area contributed by atoms with Crippen molar-refractivity contribution < 1.29 is 35.1 Å². The van der Waals surface area contributed by atoms with Crippen molar-refractivity contribution in [2.45, 2.75) is 19.4 Å². The Labute approximate surface area is 92.9 Å². The zero-order valence-corrected chi connectivity index (χ0v) is 9.25. The van der Waals surface area contributed by atoms with Crippen molar-refractivity contribution in [3.63, 3.8) is 0 Å². The number of carbonyl (C=O) groups is 2. The van der Waals surface area contributed by atoms with E-state index in [-0.39, 0.29) is 0 Å². The van der Waals surface area contributed by atoms with Crippen LogP contribution in [0.5, 0.6) is 0 Å². The van der Waals surface area contributed by atoms with E-state index in [1.165, 1.54) is 0 Å². The van der Waals surface area contributed by atoms with Crippen LogP contribution in [0.4, 0.5) is 0 Å². The number of aliphatic hydroxyl groups excluding tert-OH is 3. The Kier molecular flexibility index (Phi) is 15.0. The Morgan fingerprint density at radius 1 is 0.938 bits per heavy atom. The van der Waals surface area contributed by atoms with E-state index in [2.05, 4.69) is 0 Å². The summed E-state index contributed by atoms with van der Waals surface area (Å²) in [4.78, 5) is 18.0. The van der Waals surface area contributed by atoms with Gasteiger partial charge in [-0.1, -0.05) is 0 Å². The second-order valence-corrected chi connectivity index (χ2v) is 2.87. The third-order valence-electron chi connectivity index (χ3n) is 0.945. The Balaban J connectivity index is -0.000000179. The number of aliphatic hydroxyl groups is 3. The van der Waals surface area contributed by atoms with Gasteiger partial charge in [-0.2, -0.15) is 0 Å². The topological polar surface area (TPSA) is 161 Å². The molecule has 0 bridgehead atoms. The van der Waals surface area contributed by atoms with Gasteiger partial charge in [0.1, 0.15) is 0 Å². The fourth-order valence-electron chi connectivity index (χ4n) is 0.150. The maximum atomic E-state index is 9.00. The summed E-state index contributed by atoms with van der Waals surface area (Å²) in [6, 6.07) is 0. The molecule has 0 saturated carbocycles. The van der Waals surface area contributed by atoms with Gasteiger partial charge in [-0.3, -0.25) is 9.59 Å². The van der Waals surface area contributed by atoms with Gasteiger partial charge in [0, 0.05) is 13.8 Å². The summed E-state index contributed by atoms with van der Waals surface area (Å²) in [7, 11) is 0. The van der Waals surface area contributed by atoms with Crippen molar-refractivity contribution in [3.8, 4) is 0 Å². The van der Waals surface area contributed by atoms with Gasteiger partial charge in [0.25, 0.3) is 11.9 Å². The van der Waals surface area contributed by atoms with Gasteiger partial charge in [0.15, 0.2) is 0 Å². The van der Waals surface area contributed by atoms with E-state index in [0.717, 1.165) is 13.8 Å². The molecule has 8 heteroatoms. The van der Waals surface area contributed by atoms with Gasteiger partial charge in [0.05, 0.1) is 25.4 Å². The summed E-state index contributed by atoms with van der Waals surface area (Å²) in [6.07, 6.45) is 0. The molecule has 0 aliphatic carbocycles. The van der Waals surface area contributed by atoms with Crippen LogP contribution in [-0.2, 0) is 9.59 Å². The molecule has 16 heavy (non-hydrogen) atoms. The van der Waals surface area contributed by atoms with Crippen LogP contribution in [0.1, 0.15) is 13.8 Å². The summed E-state index contributed by atoms with van der Waals surface area (Å²) < 4.78 is 0. The van der Waals surface area contributed by atoms with E-state index in [4.69, 9.17) is 40.9 Å². The minimum Gasteiger partial charge on any atom is -0.481 e. The largest absolute Gasteiger partial charge is 0.481 e. The van der Waals surface area contributed by atoms with Gasteiger partial charge >= 0.3 is 0 Å². The number of carboxylic acids is 2. The lowest BCUT2D eigenvalue weighted by molar-refractivity contribution is -0.135. The van der Waals surface area contributed by atoms with Crippen LogP contribution in [0, 0.1) is 0 Å². The normalized spacial score (nSPS) is 9.12. The highest BCUT2D eigenvalue weighted by Gasteiger charge is 2.20. The molecule has 0 radical (unpaired) electrons. The average Bonchev–Trinajstić information content (AvgIpc) is 2.15. The molecule has 0 amide bonds. The zero-order valence-electron chi connectivity index (χ0n) is 9.25. The Hall–Kier alpha value is -1.22. The quantitative estimate of drug-likeness (QED) is 0.325. The fourth-order valence-corrected chi connectivity index (χ4v) is 0.150. The Bertz CT molecular complexity index is 163. The van der Waals surface area contributed by atoms with Gasteiger partial charge in [-0.25, -0.2) is 0 Å². The summed E-state index contributed by atoms with van der Waals surface area (Å²) >= 11 is 0. The van der Waals surface area contributed by atoms with Crippen LogP contribution in [0.2, 0.25) is 0 Å². The molecule has 7 N–H and O–H groups in total. The number of carboxylic acid groups (broad SMARTS) is 2. The van der Waals surface area contributed by atoms with Gasteiger partial charge < -0.3 is 31.3 Å².